The second-order valence-corrected chi connectivity index (χ2v) is 2.93. The summed E-state index contributed by atoms with van der Waals surface area (Å²) in [6.45, 7) is 0. The summed E-state index contributed by atoms with van der Waals surface area (Å²) in [7, 11) is 0. The van der Waals surface area contributed by atoms with Gasteiger partial charge in [0.05, 0.1) is 5.56 Å². The van der Waals surface area contributed by atoms with Crippen molar-refractivity contribution in [1.29, 1.82) is 0 Å². The van der Waals surface area contributed by atoms with E-state index in [1.165, 1.54) is 12.1 Å². The molecule has 6 nitrogen and oxygen atoms in total. The van der Waals surface area contributed by atoms with E-state index in [9.17, 15) is 9.18 Å². The fraction of sp³-hybridized carbons (Fsp3) is 0. The van der Waals surface area contributed by atoms with E-state index in [0.29, 0.717) is 5.56 Å². The van der Waals surface area contributed by atoms with Crippen LogP contribution in [0.5, 0.6) is 0 Å². The van der Waals surface area contributed by atoms with Crippen LogP contribution in [0.25, 0.3) is 11.4 Å². The molecule has 0 aliphatic carbocycles. The number of benzene rings is 1. The third-order valence-electron chi connectivity index (χ3n) is 1.90. The molecule has 2 N–H and O–H groups in total. The molecule has 2 rings (SSSR count). The Kier molecular flexibility index (Phi) is 2.50. The molecule has 0 radical (unpaired) electrons. The lowest BCUT2D eigenvalue weighted by atomic mass is 10.1. The molecule has 0 aliphatic rings. The molecule has 1 amide bonds. The third-order valence-corrected chi connectivity index (χ3v) is 1.90. The Hall–Kier alpha value is -2.44. The minimum absolute atomic E-state index is 0.178. The highest BCUT2D eigenvalue weighted by Crippen LogP contribution is 2.16. The number of carbonyl (C=O) groups is 1. The first-order valence-electron chi connectivity index (χ1n) is 4.28. The number of nitrogens with zero attached hydrogens (tertiary/aromatic N) is 4. The van der Waals surface area contributed by atoms with E-state index in [1.807, 2.05) is 0 Å². The number of primary amides is 1. The smallest absolute Gasteiger partial charge is 0.251 e. The van der Waals surface area contributed by atoms with Gasteiger partial charge in [-0.25, -0.2) is 4.39 Å². The first kappa shape index (κ1) is 10.1. The van der Waals surface area contributed by atoms with Gasteiger partial charge in [0.25, 0.3) is 5.91 Å². The highest BCUT2D eigenvalue weighted by Gasteiger charge is 2.10. The Morgan fingerprint density at radius 2 is 1.94 bits per heavy atom. The van der Waals surface area contributed by atoms with Crippen LogP contribution in [0.3, 0.4) is 0 Å². The first-order chi connectivity index (χ1) is 7.68. The molecule has 0 saturated carbocycles. The van der Waals surface area contributed by atoms with Crippen LogP contribution in [-0.4, -0.2) is 26.3 Å². The average Bonchev–Trinajstić information content (AvgIpc) is 2.29. The number of carbonyl (C=O) groups excluding carboxylic acids is 1. The van der Waals surface area contributed by atoms with Gasteiger partial charge >= 0.3 is 0 Å². The minimum Gasteiger partial charge on any atom is -0.366 e. The van der Waals surface area contributed by atoms with Gasteiger partial charge in [-0.15, -0.1) is 20.4 Å². The van der Waals surface area contributed by atoms with Crippen molar-refractivity contribution in [2.75, 3.05) is 0 Å². The molecule has 1 aromatic heterocycles. The minimum atomic E-state index is -0.825. The predicted molar refractivity (Wildman–Crippen MR) is 51.5 cm³/mol. The Morgan fingerprint density at radius 1 is 1.25 bits per heavy atom. The van der Waals surface area contributed by atoms with E-state index in [1.54, 1.807) is 0 Å². The molecule has 1 aromatic carbocycles. The highest BCUT2D eigenvalue weighted by molar-refractivity contribution is 5.93. The van der Waals surface area contributed by atoms with E-state index in [0.717, 1.165) is 12.4 Å². The van der Waals surface area contributed by atoms with E-state index in [4.69, 9.17) is 5.73 Å². The SMILES string of the molecule is NC(=O)c1ccc(-c2nncnn2)cc1F. The van der Waals surface area contributed by atoms with Gasteiger partial charge in [0, 0.05) is 5.56 Å². The van der Waals surface area contributed by atoms with Crippen LogP contribution >= 0.6 is 0 Å². The van der Waals surface area contributed by atoms with Gasteiger partial charge in [-0.1, -0.05) is 6.07 Å². The fourth-order valence-corrected chi connectivity index (χ4v) is 1.17. The second kappa shape index (κ2) is 3.97. The maximum Gasteiger partial charge on any atom is 0.251 e. The molecule has 7 heteroatoms. The van der Waals surface area contributed by atoms with E-state index in [2.05, 4.69) is 20.4 Å². The van der Waals surface area contributed by atoms with Crippen molar-refractivity contribution < 1.29 is 9.18 Å². The Labute approximate surface area is 89.3 Å². The van der Waals surface area contributed by atoms with E-state index < -0.39 is 11.7 Å². The molecule has 0 atom stereocenters. The molecule has 0 spiro atoms. The summed E-state index contributed by atoms with van der Waals surface area (Å²) >= 11 is 0. The van der Waals surface area contributed by atoms with Crippen LogP contribution in [0.2, 0.25) is 0 Å². The molecular formula is C9H6FN5O. The maximum absolute atomic E-state index is 13.4. The van der Waals surface area contributed by atoms with Crippen LogP contribution in [0, 0.1) is 5.82 Å². The van der Waals surface area contributed by atoms with Crippen LogP contribution in [0.15, 0.2) is 24.5 Å². The van der Waals surface area contributed by atoms with Crippen LogP contribution in [0.1, 0.15) is 10.4 Å². The van der Waals surface area contributed by atoms with E-state index >= 15 is 0 Å². The summed E-state index contributed by atoms with van der Waals surface area (Å²) in [6.07, 6.45) is 1.16. The number of nitrogens with two attached hydrogens (primary N) is 1. The predicted octanol–water partition coefficient (Wildman–Crippen LogP) is 0.172. The first-order valence-corrected chi connectivity index (χ1v) is 4.28. The molecule has 80 valence electrons. The molecular weight excluding hydrogens is 213 g/mol. The largest absolute Gasteiger partial charge is 0.366 e. The van der Waals surface area contributed by atoms with Crippen molar-refractivity contribution in [3.05, 3.63) is 35.9 Å². The summed E-state index contributed by atoms with van der Waals surface area (Å²) in [4.78, 5) is 10.8. The Morgan fingerprint density at radius 3 is 2.50 bits per heavy atom. The molecule has 0 fully saturated rings. The summed E-state index contributed by atoms with van der Waals surface area (Å²) in [6, 6.07) is 3.85. The number of aromatic nitrogens is 4. The molecule has 0 unspecified atom stereocenters. The molecule has 16 heavy (non-hydrogen) atoms. The van der Waals surface area contributed by atoms with Crippen molar-refractivity contribution in [3.8, 4) is 11.4 Å². The number of amides is 1. The molecule has 0 aliphatic heterocycles. The summed E-state index contributed by atoms with van der Waals surface area (Å²) < 4.78 is 13.4. The molecule has 0 bridgehead atoms. The number of hydrogen-bond donors (Lipinski definition) is 1. The van der Waals surface area contributed by atoms with Gasteiger partial charge in [0.2, 0.25) is 5.82 Å². The third kappa shape index (κ3) is 1.83. The molecule has 0 saturated heterocycles. The zero-order valence-electron chi connectivity index (χ0n) is 7.96. The summed E-state index contributed by atoms with van der Waals surface area (Å²) in [5, 5.41) is 14.3. The highest BCUT2D eigenvalue weighted by atomic mass is 19.1. The maximum atomic E-state index is 13.4. The Balaban J connectivity index is 2.46. The lowest BCUT2D eigenvalue weighted by Gasteiger charge is -2.01. The quantitative estimate of drug-likeness (QED) is 0.776. The van der Waals surface area contributed by atoms with Gasteiger partial charge in [0.1, 0.15) is 5.82 Å². The van der Waals surface area contributed by atoms with Crippen molar-refractivity contribution in [3.63, 3.8) is 0 Å². The fourth-order valence-electron chi connectivity index (χ4n) is 1.17. The van der Waals surface area contributed by atoms with Crippen molar-refractivity contribution in [2.24, 2.45) is 5.73 Å². The second-order valence-electron chi connectivity index (χ2n) is 2.93. The lowest BCUT2D eigenvalue weighted by Crippen LogP contribution is -2.13. The van der Waals surface area contributed by atoms with Gasteiger partial charge in [-0.2, -0.15) is 0 Å². The summed E-state index contributed by atoms with van der Waals surface area (Å²) in [5.41, 5.74) is 5.17. The molecule has 2 aromatic rings. The zero-order valence-corrected chi connectivity index (χ0v) is 7.96. The normalized spacial score (nSPS) is 10.1. The van der Waals surface area contributed by atoms with Crippen LogP contribution in [-0.2, 0) is 0 Å². The topological polar surface area (TPSA) is 94.7 Å². The average molecular weight is 219 g/mol. The Bertz CT molecular complexity index is 531. The number of hydrogen-bond acceptors (Lipinski definition) is 5. The van der Waals surface area contributed by atoms with Crippen molar-refractivity contribution >= 4 is 5.91 Å². The van der Waals surface area contributed by atoms with Crippen molar-refractivity contribution in [1.82, 2.24) is 20.4 Å². The monoisotopic (exact) mass is 219 g/mol. The van der Waals surface area contributed by atoms with Crippen molar-refractivity contribution in [2.45, 2.75) is 0 Å². The lowest BCUT2D eigenvalue weighted by molar-refractivity contribution is 0.0996. The molecule has 1 heterocycles. The van der Waals surface area contributed by atoms with Crippen LogP contribution < -0.4 is 5.73 Å². The van der Waals surface area contributed by atoms with Gasteiger partial charge in [0.15, 0.2) is 6.33 Å². The van der Waals surface area contributed by atoms with E-state index in [-0.39, 0.29) is 11.4 Å². The van der Waals surface area contributed by atoms with Gasteiger partial charge < -0.3 is 5.73 Å². The zero-order chi connectivity index (χ0) is 11.5. The number of rotatable bonds is 2. The van der Waals surface area contributed by atoms with Gasteiger partial charge in [-0.05, 0) is 12.1 Å². The summed E-state index contributed by atoms with van der Waals surface area (Å²) in [5.74, 6) is -1.37. The van der Waals surface area contributed by atoms with Crippen LogP contribution in [0.4, 0.5) is 4.39 Å². The van der Waals surface area contributed by atoms with Gasteiger partial charge in [-0.3, -0.25) is 4.79 Å². The number of halogens is 1. The standard InChI is InChI=1S/C9H6FN5O/c10-7-3-5(1-2-6(7)8(11)16)9-14-12-4-13-15-9/h1-4H,(H2,11,16).